The number of nitrogens with zero attached hydrogens (tertiary/aromatic N) is 3. The second-order valence-corrected chi connectivity index (χ2v) is 5.95. The van der Waals surface area contributed by atoms with Crippen molar-refractivity contribution in [3.63, 3.8) is 0 Å². The summed E-state index contributed by atoms with van der Waals surface area (Å²) in [7, 11) is 0. The summed E-state index contributed by atoms with van der Waals surface area (Å²) in [6, 6.07) is 8.60. The third-order valence-corrected chi connectivity index (χ3v) is 3.42. The number of aromatic nitrogens is 3. The van der Waals surface area contributed by atoms with Crippen LogP contribution < -0.4 is 5.32 Å². The smallest absolute Gasteiger partial charge is 0.0969 e. The van der Waals surface area contributed by atoms with Crippen LogP contribution in [0.4, 0.5) is 0 Å². The summed E-state index contributed by atoms with van der Waals surface area (Å²) >= 11 is 0. The first-order valence-corrected chi connectivity index (χ1v) is 7.90. The van der Waals surface area contributed by atoms with Crippen molar-refractivity contribution in [1.29, 1.82) is 0 Å². The molecular weight excluding hydrogens is 260 g/mol. The highest BCUT2D eigenvalue weighted by molar-refractivity contribution is 5.33. The summed E-state index contributed by atoms with van der Waals surface area (Å²) in [5, 5.41) is 11.8. The lowest BCUT2D eigenvalue weighted by Crippen LogP contribution is -2.19. The Morgan fingerprint density at radius 1 is 1.19 bits per heavy atom. The van der Waals surface area contributed by atoms with E-state index < -0.39 is 0 Å². The fourth-order valence-electron chi connectivity index (χ4n) is 2.19. The maximum Gasteiger partial charge on any atom is 0.0969 e. The lowest BCUT2D eigenvalue weighted by molar-refractivity contribution is 0.548. The van der Waals surface area contributed by atoms with E-state index in [9.17, 15) is 0 Å². The topological polar surface area (TPSA) is 42.7 Å². The molecule has 0 atom stereocenters. The van der Waals surface area contributed by atoms with E-state index in [0.29, 0.717) is 5.92 Å². The van der Waals surface area contributed by atoms with Crippen molar-refractivity contribution in [2.45, 2.75) is 46.6 Å². The summed E-state index contributed by atoms with van der Waals surface area (Å²) in [5.74, 6) is 0.649. The standard InChI is InChI=1S/C17H26N4/c1-4-5-6-15-7-9-17(10-8-15)21-13-16(19-20-21)12-18-11-14(2)3/h7-10,13-14,18H,4-6,11-12H2,1-3H3. The first kappa shape index (κ1) is 15.7. The van der Waals surface area contributed by atoms with Crippen molar-refractivity contribution in [3.8, 4) is 5.69 Å². The average Bonchev–Trinajstić information content (AvgIpc) is 2.94. The van der Waals surface area contributed by atoms with Crippen LogP contribution >= 0.6 is 0 Å². The summed E-state index contributed by atoms with van der Waals surface area (Å²) < 4.78 is 1.84. The number of hydrogen-bond donors (Lipinski definition) is 1. The van der Waals surface area contributed by atoms with Crippen molar-refractivity contribution in [1.82, 2.24) is 20.3 Å². The van der Waals surface area contributed by atoms with E-state index in [0.717, 1.165) is 30.9 Å². The molecule has 0 aliphatic heterocycles. The van der Waals surface area contributed by atoms with Gasteiger partial charge in [0.25, 0.3) is 0 Å². The van der Waals surface area contributed by atoms with Crippen molar-refractivity contribution in [2.75, 3.05) is 6.54 Å². The molecule has 0 unspecified atom stereocenters. The molecule has 0 radical (unpaired) electrons. The van der Waals surface area contributed by atoms with Gasteiger partial charge in [-0.2, -0.15) is 0 Å². The van der Waals surface area contributed by atoms with E-state index in [1.54, 1.807) is 0 Å². The molecule has 1 N–H and O–H groups in total. The quantitative estimate of drug-likeness (QED) is 0.809. The number of hydrogen-bond acceptors (Lipinski definition) is 3. The van der Waals surface area contributed by atoms with Gasteiger partial charge in [0.15, 0.2) is 0 Å². The zero-order chi connectivity index (χ0) is 15.1. The minimum Gasteiger partial charge on any atom is -0.311 e. The van der Waals surface area contributed by atoms with Gasteiger partial charge in [-0.15, -0.1) is 5.10 Å². The highest BCUT2D eigenvalue weighted by Gasteiger charge is 2.03. The summed E-state index contributed by atoms with van der Waals surface area (Å²) in [6.45, 7) is 8.39. The molecule has 0 bridgehead atoms. The molecule has 0 saturated carbocycles. The molecule has 0 amide bonds. The zero-order valence-electron chi connectivity index (χ0n) is 13.3. The summed E-state index contributed by atoms with van der Waals surface area (Å²) in [6.07, 6.45) is 5.62. The van der Waals surface area contributed by atoms with E-state index in [2.05, 4.69) is 60.7 Å². The van der Waals surface area contributed by atoms with Gasteiger partial charge in [0.1, 0.15) is 0 Å². The summed E-state index contributed by atoms with van der Waals surface area (Å²) in [4.78, 5) is 0. The molecular formula is C17H26N4. The van der Waals surface area contributed by atoms with Gasteiger partial charge in [0, 0.05) is 6.54 Å². The minimum absolute atomic E-state index is 0.649. The second-order valence-electron chi connectivity index (χ2n) is 5.95. The van der Waals surface area contributed by atoms with Crippen LogP contribution in [0.15, 0.2) is 30.5 Å². The molecule has 0 fully saturated rings. The van der Waals surface area contributed by atoms with Crippen LogP contribution in [-0.2, 0) is 13.0 Å². The van der Waals surface area contributed by atoms with Gasteiger partial charge in [-0.3, -0.25) is 0 Å². The number of unbranched alkanes of at least 4 members (excludes halogenated alkanes) is 1. The number of aryl methyl sites for hydroxylation is 1. The lowest BCUT2D eigenvalue weighted by Gasteiger charge is -2.04. The molecule has 1 aromatic carbocycles. The third-order valence-electron chi connectivity index (χ3n) is 3.42. The Kier molecular flexibility index (Phi) is 5.93. The van der Waals surface area contributed by atoms with Crippen LogP contribution in [0.2, 0.25) is 0 Å². The Labute approximate surface area is 127 Å². The van der Waals surface area contributed by atoms with Crippen molar-refractivity contribution in [3.05, 3.63) is 41.7 Å². The van der Waals surface area contributed by atoms with E-state index in [1.165, 1.54) is 18.4 Å². The van der Waals surface area contributed by atoms with E-state index in [-0.39, 0.29) is 0 Å². The molecule has 1 heterocycles. The van der Waals surface area contributed by atoms with Crippen molar-refractivity contribution in [2.24, 2.45) is 5.92 Å². The van der Waals surface area contributed by atoms with Gasteiger partial charge in [-0.25, -0.2) is 4.68 Å². The van der Waals surface area contributed by atoms with Gasteiger partial charge in [-0.05, 0) is 43.0 Å². The van der Waals surface area contributed by atoms with Crippen molar-refractivity contribution >= 4 is 0 Å². The summed E-state index contributed by atoms with van der Waals surface area (Å²) in [5.41, 5.74) is 3.43. The normalized spacial score (nSPS) is 11.2. The van der Waals surface area contributed by atoms with E-state index in [4.69, 9.17) is 0 Å². The zero-order valence-corrected chi connectivity index (χ0v) is 13.3. The van der Waals surface area contributed by atoms with Crippen LogP contribution in [0.3, 0.4) is 0 Å². The SMILES string of the molecule is CCCCc1ccc(-n2cc(CNCC(C)C)nn2)cc1. The predicted molar refractivity (Wildman–Crippen MR) is 86.5 cm³/mol. The number of benzene rings is 1. The Balaban J connectivity index is 1.94. The number of nitrogens with one attached hydrogen (secondary N) is 1. The third kappa shape index (κ3) is 4.97. The Bertz CT molecular complexity index is 528. The Morgan fingerprint density at radius 3 is 2.62 bits per heavy atom. The molecule has 0 saturated heterocycles. The Hall–Kier alpha value is -1.68. The highest BCUT2D eigenvalue weighted by Crippen LogP contribution is 2.11. The van der Waals surface area contributed by atoms with Crippen LogP contribution in [-0.4, -0.2) is 21.5 Å². The molecule has 0 spiro atoms. The van der Waals surface area contributed by atoms with Gasteiger partial charge in [0.05, 0.1) is 17.6 Å². The molecule has 4 heteroatoms. The molecule has 2 rings (SSSR count). The first-order chi connectivity index (χ1) is 10.2. The van der Waals surface area contributed by atoms with E-state index >= 15 is 0 Å². The molecule has 2 aromatic rings. The fraction of sp³-hybridized carbons (Fsp3) is 0.529. The first-order valence-electron chi connectivity index (χ1n) is 7.90. The molecule has 0 aliphatic rings. The largest absolute Gasteiger partial charge is 0.311 e. The van der Waals surface area contributed by atoms with Crippen LogP contribution in [0, 0.1) is 5.92 Å². The van der Waals surface area contributed by atoms with Crippen LogP contribution in [0.25, 0.3) is 5.69 Å². The monoisotopic (exact) mass is 286 g/mol. The molecule has 0 aliphatic carbocycles. The van der Waals surface area contributed by atoms with Gasteiger partial charge >= 0.3 is 0 Å². The highest BCUT2D eigenvalue weighted by atomic mass is 15.4. The van der Waals surface area contributed by atoms with Gasteiger partial charge in [-0.1, -0.05) is 44.5 Å². The van der Waals surface area contributed by atoms with Crippen molar-refractivity contribution < 1.29 is 0 Å². The van der Waals surface area contributed by atoms with Gasteiger partial charge < -0.3 is 5.32 Å². The molecule has 1 aromatic heterocycles. The van der Waals surface area contributed by atoms with E-state index in [1.807, 2.05) is 10.9 Å². The van der Waals surface area contributed by atoms with Crippen LogP contribution in [0.5, 0.6) is 0 Å². The molecule has 21 heavy (non-hydrogen) atoms. The number of rotatable bonds is 8. The maximum atomic E-state index is 4.21. The minimum atomic E-state index is 0.649. The second kappa shape index (κ2) is 7.93. The predicted octanol–water partition coefficient (Wildman–Crippen LogP) is 3.36. The van der Waals surface area contributed by atoms with Gasteiger partial charge in [0.2, 0.25) is 0 Å². The fourth-order valence-corrected chi connectivity index (χ4v) is 2.19. The average molecular weight is 286 g/mol. The molecule has 4 nitrogen and oxygen atoms in total. The Morgan fingerprint density at radius 2 is 1.95 bits per heavy atom. The van der Waals surface area contributed by atoms with Crippen LogP contribution in [0.1, 0.15) is 44.9 Å². The lowest BCUT2D eigenvalue weighted by atomic mass is 10.1. The maximum absolute atomic E-state index is 4.21. The molecule has 114 valence electrons.